The number of furan rings is 1. The van der Waals surface area contributed by atoms with Gasteiger partial charge in [-0.2, -0.15) is 4.98 Å². The molecule has 0 saturated carbocycles. The number of esters is 1. The van der Waals surface area contributed by atoms with Crippen molar-refractivity contribution < 1.29 is 27.9 Å². The highest BCUT2D eigenvalue weighted by Gasteiger charge is 2.14. The van der Waals surface area contributed by atoms with E-state index in [1.807, 2.05) is 0 Å². The second kappa shape index (κ2) is 6.86. The minimum atomic E-state index is -0.458. The molecule has 2 heterocycles. The van der Waals surface area contributed by atoms with Gasteiger partial charge in [-0.15, -0.1) is 0 Å². The maximum Gasteiger partial charge on any atom is 0.337 e. The van der Waals surface area contributed by atoms with Crippen LogP contribution in [0.15, 0.2) is 45.5 Å². The average molecular weight is 330 g/mol. The van der Waals surface area contributed by atoms with E-state index in [2.05, 4.69) is 14.9 Å². The average Bonchev–Trinajstić information content (AvgIpc) is 3.30. The van der Waals surface area contributed by atoms with Gasteiger partial charge in [-0.25, -0.2) is 4.79 Å². The minimum Gasteiger partial charge on any atom is -0.493 e. The molecule has 3 rings (SSSR count). The van der Waals surface area contributed by atoms with Crippen LogP contribution in [0.25, 0.3) is 11.6 Å². The molecule has 0 N–H and O–H groups in total. The molecule has 0 radical (unpaired) electrons. The second-order valence-electron chi connectivity index (χ2n) is 4.63. The molecule has 124 valence electrons. The van der Waals surface area contributed by atoms with Crippen molar-refractivity contribution >= 4 is 5.97 Å². The molecule has 24 heavy (non-hydrogen) atoms. The molecule has 0 unspecified atom stereocenters. The topological polar surface area (TPSA) is 96.8 Å². The van der Waals surface area contributed by atoms with E-state index < -0.39 is 5.97 Å². The fourth-order valence-corrected chi connectivity index (χ4v) is 1.99. The van der Waals surface area contributed by atoms with Gasteiger partial charge in [0, 0.05) is 0 Å². The maximum atomic E-state index is 11.5. The number of aromatic nitrogens is 2. The van der Waals surface area contributed by atoms with E-state index in [9.17, 15) is 4.79 Å². The summed E-state index contributed by atoms with van der Waals surface area (Å²) in [6.45, 7) is 0.0433. The number of ether oxygens (including phenoxy) is 3. The van der Waals surface area contributed by atoms with Gasteiger partial charge in [0.25, 0.3) is 5.89 Å². The molecule has 0 aliphatic rings. The van der Waals surface area contributed by atoms with Crippen LogP contribution < -0.4 is 9.47 Å². The number of hydrogen-bond donors (Lipinski definition) is 0. The Morgan fingerprint density at radius 1 is 1.21 bits per heavy atom. The third-order valence-electron chi connectivity index (χ3n) is 3.15. The van der Waals surface area contributed by atoms with Crippen LogP contribution in [-0.2, 0) is 11.3 Å². The van der Waals surface area contributed by atoms with Crippen LogP contribution in [0.4, 0.5) is 0 Å². The highest BCUT2D eigenvalue weighted by Crippen LogP contribution is 2.29. The lowest BCUT2D eigenvalue weighted by Crippen LogP contribution is -2.03. The summed E-state index contributed by atoms with van der Waals surface area (Å²) in [6.07, 6.45) is 1.52. The van der Waals surface area contributed by atoms with Crippen LogP contribution in [-0.4, -0.2) is 30.3 Å². The Hall–Kier alpha value is -3.29. The van der Waals surface area contributed by atoms with Gasteiger partial charge in [-0.1, -0.05) is 5.16 Å². The summed E-state index contributed by atoms with van der Waals surface area (Å²) in [5.41, 5.74) is 0.361. The van der Waals surface area contributed by atoms with Crippen LogP contribution >= 0.6 is 0 Å². The molecule has 0 fully saturated rings. The highest BCUT2D eigenvalue weighted by atomic mass is 16.5. The van der Waals surface area contributed by atoms with Crippen molar-refractivity contribution in [3.63, 3.8) is 0 Å². The normalized spacial score (nSPS) is 10.4. The predicted molar refractivity (Wildman–Crippen MR) is 80.7 cm³/mol. The van der Waals surface area contributed by atoms with Crippen LogP contribution in [0.3, 0.4) is 0 Å². The van der Waals surface area contributed by atoms with Gasteiger partial charge in [0.05, 0.1) is 26.0 Å². The maximum absolute atomic E-state index is 11.5. The Morgan fingerprint density at radius 2 is 2.08 bits per heavy atom. The smallest absolute Gasteiger partial charge is 0.337 e. The number of methoxy groups -OCH3 is 2. The summed E-state index contributed by atoms with van der Waals surface area (Å²) >= 11 is 0. The SMILES string of the molecule is COC(=O)c1ccc(OCc2nc(-c3ccco3)no2)c(OC)c1. The van der Waals surface area contributed by atoms with E-state index in [0.717, 1.165) is 0 Å². The number of hydrogen-bond acceptors (Lipinski definition) is 8. The monoisotopic (exact) mass is 330 g/mol. The number of rotatable bonds is 6. The summed E-state index contributed by atoms with van der Waals surface area (Å²) in [5, 5.41) is 3.81. The standard InChI is InChI=1S/C16H14N2O6/c1-20-13-8-10(16(19)21-2)5-6-11(13)23-9-14-17-15(18-24-14)12-4-3-7-22-12/h3-8H,9H2,1-2H3. The first kappa shape index (κ1) is 15.6. The van der Waals surface area contributed by atoms with Crippen LogP contribution in [0.5, 0.6) is 11.5 Å². The molecule has 8 nitrogen and oxygen atoms in total. The van der Waals surface area contributed by atoms with E-state index >= 15 is 0 Å². The lowest BCUT2D eigenvalue weighted by Gasteiger charge is -2.10. The molecular weight excluding hydrogens is 316 g/mol. The van der Waals surface area contributed by atoms with Gasteiger partial charge in [0.15, 0.2) is 23.9 Å². The molecule has 0 bridgehead atoms. The van der Waals surface area contributed by atoms with E-state index in [4.69, 9.17) is 18.4 Å². The lowest BCUT2D eigenvalue weighted by molar-refractivity contribution is 0.0600. The largest absolute Gasteiger partial charge is 0.493 e. The van der Waals surface area contributed by atoms with Crippen molar-refractivity contribution in [1.29, 1.82) is 0 Å². The van der Waals surface area contributed by atoms with Gasteiger partial charge in [0.2, 0.25) is 5.82 Å². The summed E-state index contributed by atoms with van der Waals surface area (Å²) in [6, 6.07) is 8.17. The highest BCUT2D eigenvalue weighted by molar-refractivity contribution is 5.90. The first-order valence-electron chi connectivity index (χ1n) is 6.97. The molecule has 0 saturated heterocycles. The molecule has 0 amide bonds. The Labute approximate surface area is 136 Å². The molecular formula is C16H14N2O6. The van der Waals surface area contributed by atoms with Gasteiger partial charge in [0.1, 0.15) is 0 Å². The van der Waals surface area contributed by atoms with Crippen molar-refractivity contribution in [2.75, 3.05) is 14.2 Å². The summed E-state index contributed by atoms with van der Waals surface area (Å²) in [5.74, 6) is 1.49. The minimum absolute atomic E-state index is 0.0433. The number of nitrogens with zero attached hydrogens (tertiary/aromatic N) is 2. The van der Waals surface area contributed by atoms with Gasteiger partial charge < -0.3 is 23.2 Å². The Kier molecular flexibility index (Phi) is 4.46. The Bertz CT molecular complexity index is 825. The van der Waals surface area contributed by atoms with E-state index in [-0.39, 0.29) is 12.5 Å². The molecule has 3 aromatic rings. The van der Waals surface area contributed by atoms with Crippen molar-refractivity contribution in [1.82, 2.24) is 10.1 Å². The first-order valence-corrected chi connectivity index (χ1v) is 6.97. The van der Waals surface area contributed by atoms with E-state index in [1.54, 1.807) is 24.3 Å². The summed E-state index contributed by atoms with van der Waals surface area (Å²) in [4.78, 5) is 15.7. The molecule has 0 spiro atoms. The van der Waals surface area contributed by atoms with Crippen LogP contribution in [0, 0.1) is 0 Å². The van der Waals surface area contributed by atoms with E-state index in [1.165, 1.54) is 26.5 Å². The van der Waals surface area contributed by atoms with Gasteiger partial charge >= 0.3 is 5.97 Å². The number of benzene rings is 1. The van der Waals surface area contributed by atoms with Crippen molar-refractivity contribution in [3.05, 3.63) is 48.0 Å². The first-order chi connectivity index (χ1) is 11.7. The van der Waals surface area contributed by atoms with Crippen molar-refractivity contribution in [2.24, 2.45) is 0 Å². The Balaban J connectivity index is 1.71. The zero-order valence-corrected chi connectivity index (χ0v) is 13.0. The molecule has 0 aliphatic carbocycles. The van der Waals surface area contributed by atoms with E-state index in [0.29, 0.717) is 28.6 Å². The molecule has 1 aromatic carbocycles. The fraction of sp³-hybridized carbons (Fsp3) is 0.188. The third kappa shape index (κ3) is 3.22. The zero-order valence-electron chi connectivity index (χ0n) is 13.0. The molecule has 0 aliphatic heterocycles. The quantitative estimate of drug-likeness (QED) is 0.636. The van der Waals surface area contributed by atoms with Gasteiger partial charge in [-0.3, -0.25) is 0 Å². The molecule has 2 aromatic heterocycles. The lowest BCUT2D eigenvalue weighted by atomic mass is 10.2. The Morgan fingerprint density at radius 3 is 2.79 bits per heavy atom. The molecule has 8 heteroatoms. The third-order valence-corrected chi connectivity index (χ3v) is 3.15. The number of carbonyl (C=O) groups is 1. The summed E-state index contributed by atoms with van der Waals surface area (Å²) in [7, 11) is 2.79. The molecule has 0 atom stereocenters. The predicted octanol–water partition coefficient (Wildman–Crippen LogP) is 2.70. The van der Waals surface area contributed by atoms with Gasteiger partial charge in [-0.05, 0) is 30.3 Å². The fourth-order valence-electron chi connectivity index (χ4n) is 1.99. The van der Waals surface area contributed by atoms with Crippen molar-refractivity contribution in [2.45, 2.75) is 6.61 Å². The van der Waals surface area contributed by atoms with Crippen LogP contribution in [0.1, 0.15) is 16.2 Å². The van der Waals surface area contributed by atoms with Crippen molar-refractivity contribution in [3.8, 4) is 23.1 Å². The zero-order chi connectivity index (χ0) is 16.9. The second-order valence-corrected chi connectivity index (χ2v) is 4.63. The van der Waals surface area contributed by atoms with Crippen LogP contribution in [0.2, 0.25) is 0 Å². The summed E-state index contributed by atoms with van der Waals surface area (Å²) < 4.78 is 25.8. The number of carbonyl (C=O) groups excluding carboxylic acids is 1.